The van der Waals surface area contributed by atoms with Crippen molar-refractivity contribution in [2.75, 3.05) is 0 Å². The maximum Gasteiger partial charge on any atom is 0.349 e. The second-order valence-electron chi connectivity index (χ2n) is 9.03. The monoisotopic (exact) mass is 600 g/mol. The van der Waals surface area contributed by atoms with Gasteiger partial charge in [-0.15, -0.1) is 0 Å². The first-order chi connectivity index (χ1) is 20.7. The third kappa shape index (κ3) is 14.1. The minimum atomic E-state index is -1.21. The van der Waals surface area contributed by atoms with Crippen LogP contribution in [0, 0.1) is 0 Å². The molecular weight excluding hydrogens is 560 g/mol. The summed E-state index contributed by atoms with van der Waals surface area (Å²) in [5.41, 5.74) is 8.63. The normalized spacial score (nSPS) is 10.9. The number of carboxylic acid groups (broad SMARTS) is 1. The van der Waals surface area contributed by atoms with Gasteiger partial charge >= 0.3 is 17.9 Å². The molecule has 0 bridgehead atoms. The van der Waals surface area contributed by atoms with E-state index >= 15 is 0 Å². The standard InChI is InChI=1S/C17H17NO3.C10H10O4.C7H9N.CH4/c1-13(19)21-16(15-10-6-3-7-11-15)17(20)18-12-14-8-4-2-5-9-14;1-7(11)14-9(10(12)13)8-5-3-2-4-6-8;8-6-7-4-2-1-3-5-7;/h2-11,16H,12H2,1H3,(H,18,20);2-6,9H,1H3,(H,12,13);1-5H,6,8H2;1H4/t16-;9-;;/m00../s1. The molecule has 0 spiro atoms. The number of amides is 1. The number of esters is 2. The van der Waals surface area contributed by atoms with Gasteiger partial charge in [-0.05, 0) is 11.1 Å². The first kappa shape index (κ1) is 36.7. The molecular formula is C35H40N2O7. The number of hydrogen-bond donors (Lipinski definition) is 3. The van der Waals surface area contributed by atoms with E-state index in [0.29, 0.717) is 24.2 Å². The van der Waals surface area contributed by atoms with Crippen molar-refractivity contribution in [2.24, 2.45) is 5.73 Å². The van der Waals surface area contributed by atoms with Crippen LogP contribution >= 0.6 is 0 Å². The molecule has 0 unspecified atom stereocenters. The zero-order valence-corrected chi connectivity index (χ0v) is 24.1. The van der Waals surface area contributed by atoms with E-state index in [4.69, 9.17) is 15.6 Å². The Labute approximate surface area is 258 Å². The fraction of sp³-hybridized carbons (Fsp3) is 0.200. The topological polar surface area (TPSA) is 145 Å². The molecule has 4 N–H and O–H groups in total. The molecule has 0 aliphatic heterocycles. The summed E-state index contributed by atoms with van der Waals surface area (Å²) in [6.07, 6.45) is -2.14. The van der Waals surface area contributed by atoms with E-state index < -0.39 is 30.1 Å². The maximum atomic E-state index is 12.3. The largest absolute Gasteiger partial charge is 0.478 e. The lowest BCUT2D eigenvalue weighted by atomic mass is 10.1. The Kier molecular flexibility index (Phi) is 17.2. The fourth-order valence-electron chi connectivity index (χ4n) is 3.61. The molecule has 4 aromatic rings. The summed E-state index contributed by atoms with van der Waals surface area (Å²) in [4.78, 5) is 44.9. The molecule has 0 aromatic heterocycles. The third-order valence-corrected chi connectivity index (χ3v) is 5.62. The van der Waals surface area contributed by atoms with E-state index in [0.717, 1.165) is 5.56 Å². The van der Waals surface area contributed by atoms with Crippen LogP contribution in [0.5, 0.6) is 0 Å². The Bertz CT molecular complexity index is 1400. The van der Waals surface area contributed by atoms with Crippen LogP contribution in [0.2, 0.25) is 0 Å². The summed E-state index contributed by atoms with van der Waals surface area (Å²) in [5.74, 6) is -2.60. The number of aliphatic carboxylic acids is 1. The van der Waals surface area contributed by atoms with Crippen molar-refractivity contribution in [3.05, 3.63) is 144 Å². The molecule has 0 saturated heterocycles. The molecule has 4 aromatic carbocycles. The van der Waals surface area contributed by atoms with Crippen molar-refractivity contribution in [3.8, 4) is 0 Å². The predicted octanol–water partition coefficient (Wildman–Crippen LogP) is 5.76. The van der Waals surface area contributed by atoms with Gasteiger partial charge in [0.1, 0.15) is 0 Å². The number of carbonyl (C=O) groups is 4. The van der Waals surface area contributed by atoms with E-state index in [1.807, 2.05) is 66.7 Å². The van der Waals surface area contributed by atoms with Crippen LogP contribution in [-0.4, -0.2) is 28.9 Å². The van der Waals surface area contributed by atoms with Crippen LogP contribution in [0.3, 0.4) is 0 Å². The van der Waals surface area contributed by atoms with Gasteiger partial charge in [-0.1, -0.05) is 129 Å². The SMILES string of the molecule is C.CC(=O)O[C@H](C(=O)NCc1ccccc1)c1ccccc1.CC(=O)O[C@H](C(=O)O)c1ccccc1.NCc1ccccc1. The molecule has 4 rings (SSSR count). The summed E-state index contributed by atoms with van der Waals surface area (Å²) in [7, 11) is 0. The average molecular weight is 601 g/mol. The minimum absolute atomic E-state index is 0. The van der Waals surface area contributed by atoms with Crippen molar-refractivity contribution in [3.63, 3.8) is 0 Å². The zero-order chi connectivity index (χ0) is 31.5. The van der Waals surface area contributed by atoms with Gasteiger partial charge in [-0.25, -0.2) is 4.79 Å². The molecule has 0 saturated carbocycles. The molecule has 0 fully saturated rings. The second kappa shape index (κ2) is 20.6. The lowest BCUT2D eigenvalue weighted by molar-refractivity contribution is -0.163. The van der Waals surface area contributed by atoms with Gasteiger partial charge in [0.05, 0.1) is 0 Å². The Morgan fingerprint density at radius 1 is 0.636 bits per heavy atom. The van der Waals surface area contributed by atoms with Gasteiger partial charge in [0.25, 0.3) is 5.91 Å². The van der Waals surface area contributed by atoms with Gasteiger partial charge in [0.15, 0.2) is 0 Å². The van der Waals surface area contributed by atoms with Crippen molar-refractivity contribution in [1.82, 2.24) is 5.32 Å². The van der Waals surface area contributed by atoms with Gasteiger partial charge in [0, 0.05) is 38.1 Å². The zero-order valence-electron chi connectivity index (χ0n) is 24.1. The smallest absolute Gasteiger partial charge is 0.349 e. The Morgan fingerprint density at radius 2 is 1.00 bits per heavy atom. The van der Waals surface area contributed by atoms with Crippen LogP contribution in [-0.2, 0) is 41.7 Å². The third-order valence-electron chi connectivity index (χ3n) is 5.62. The molecule has 232 valence electrons. The quantitative estimate of drug-likeness (QED) is 0.206. The van der Waals surface area contributed by atoms with Crippen LogP contribution < -0.4 is 11.1 Å². The molecule has 0 radical (unpaired) electrons. The van der Waals surface area contributed by atoms with Crippen molar-refractivity contribution >= 4 is 23.8 Å². The highest BCUT2D eigenvalue weighted by Gasteiger charge is 2.23. The first-order valence-electron chi connectivity index (χ1n) is 13.4. The van der Waals surface area contributed by atoms with Gasteiger partial charge in [-0.2, -0.15) is 0 Å². The number of carbonyl (C=O) groups excluding carboxylic acids is 3. The van der Waals surface area contributed by atoms with Crippen LogP contribution in [0.4, 0.5) is 0 Å². The van der Waals surface area contributed by atoms with Gasteiger partial charge in [-0.3, -0.25) is 14.4 Å². The van der Waals surface area contributed by atoms with Crippen molar-refractivity contribution in [2.45, 2.75) is 46.6 Å². The maximum absolute atomic E-state index is 12.3. The first-order valence-corrected chi connectivity index (χ1v) is 13.4. The molecule has 1 amide bonds. The predicted molar refractivity (Wildman–Crippen MR) is 169 cm³/mol. The van der Waals surface area contributed by atoms with E-state index in [2.05, 4.69) is 10.1 Å². The minimum Gasteiger partial charge on any atom is -0.478 e. The summed E-state index contributed by atoms with van der Waals surface area (Å²) < 4.78 is 9.79. The van der Waals surface area contributed by atoms with Crippen LogP contribution in [0.25, 0.3) is 0 Å². The van der Waals surface area contributed by atoms with E-state index in [1.54, 1.807) is 54.6 Å². The summed E-state index contributed by atoms with van der Waals surface area (Å²) in [5, 5.41) is 11.6. The lowest BCUT2D eigenvalue weighted by Gasteiger charge is -2.17. The molecule has 9 nitrogen and oxygen atoms in total. The van der Waals surface area contributed by atoms with Crippen molar-refractivity contribution < 1.29 is 33.8 Å². The van der Waals surface area contributed by atoms with Crippen molar-refractivity contribution in [1.29, 1.82) is 0 Å². The highest BCUT2D eigenvalue weighted by atomic mass is 16.6. The van der Waals surface area contributed by atoms with E-state index in [1.165, 1.54) is 19.4 Å². The van der Waals surface area contributed by atoms with Gasteiger partial charge < -0.3 is 25.6 Å². The number of nitrogens with two attached hydrogens (primary N) is 1. The number of nitrogens with one attached hydrogen (secondary N) is 1. The average Bonchev–Trinajstić information content (AvgIpc) is 3.03. The van der Waals surface area contributed by atoms with Crippen LogP contribution in [0.1, 0.15) is 55.7 Å². The Hall–Kier alpha value is -5.28. The summed E-state index contributed by atoms with van der Waals surface area (Å²) in [6.45, 7) is 3.50. The molecule has 0 aliphatic carbocycles. The van der Waals surface area contributed by atoms with E-state index in [-0.39, 0.29) is 13.3 Å². The second-order valence-corrected chi connectivity index (χ2v) is 9.03. The lowest BCUT2D eigenvalue weighted by Crippen LogP contribution is -2.31. The molecule has 44 heavy (non-hydrogen) atoms. The number of rotatable bonds is 9. The number of ether oxygens (including phenoxy) is 2. The highest BCUT2D eigenvalue weighted by Crippen LogP contribution is 2.18. The Balaban J connectivity index is 0.000000362. The number of benzene rings is 4. The molecule has 0 aliphatic rings. The highest BCUT2D eigenvalue weighted by molar-refractivity contribution is 5.84. The van der Waals surface area contributed by atoms with E-state index in [9.17, 15) is 19.2 Å². The Morgan fingerprint density at radius 3 is 1.36 bits per heavy atom. The number of carboxylic acids is 1. The fourth-order valence-corrected chi connectivity index (χ4v) is 3.61. The summed E-state index contributed by atoms with van der Waals surface area (Å²) >= 11 is 0. The molecule has 2 atom stereocenters. The molecule has 0 heterocycles. The summed E-state index contributed by atoms with van der Waals surface area (Å²) in [6, 6.07) is 36.9. The van der Waals surface area contributed by atoms with Gasteiger partial charge in [0.2, 0.25) is 12.2 Å². The van der Waals surface area contributed by atoms with Crippen LogP contribution in [0.15, 0.2) is 121 Å². The molecule has 9 heteroatoms. The number of hydrogen-bond acceptors (Lipinski definition) is 7.